The molecule has 0 radical (unpaired) electrons. The van der Waals surface area contributed by atoms with Crippen molar-refractivity contribution in [3.8, 4) is 0 Å². The summed E-state index contributed by atoms with van der Waals surface area (Å²) in [6.45, 7) is 2.66. The van der Waals surface area contributed by atoms with Gasteiger partial charge in [-0.1, -0.05) is 70.8 Å². The van der Waals surface area contributed by atoms with Crippen LogP contribution in [0.1, 0.15) is 87.1 Å². The molecule has 0 aliphatic heterocycles. The zero-order chi connectivity index (χ0) is 25.7. The van der Waals surface area contributed by atoms with E-state index in [4.69, 9.17) is 4.84 Å². The largest absolute Gasteiger partial charge is 0.416 e. The van der Waals surface area contributed by atoms with Crippen LogP contribution in [0.2, 0.25) is 0 Å². The molecular weight excluding hydrogens is 455 g/mol. The average Bonchev–Trinajstić information content (AvgIpc) is 2.86. The van der Waals surface area contributed by atoms with Crippen molar-refractivity contribution in [2.45, 2.75) is 77.3 Å². The Labute approximate surface area is 207 Å². The second kappa shape index (κ2) is 14.7. The number of amides is 1. The van der Waals surface area contributed by atoms with Gasteiger partial charge >= 0.3 is 6.18 Å². The molecule has 8 heteroatoms. The summed E-state index contributed by atoms with van der Waals surface area (Å²) in [6, 6.07) is 8.40. The highest BCUT2D eigenvalue weighted by Gasteiger charge is 2.31. The molecule has 2 rings (SSSR count). The molecule has 0 saturated carbocycles. The predicted octanol–water partition coefficient (Wildman–Crippen LogP) is 7.79. The first kappa shape index (κ1) is 28.6. The van der Waals surface area contributed by atoms with Gasteiger partial charge in [-0.3, -0.25) is 9.63 Å². The van der Waals surface area contributed by atoms with E-state index in [1.165, 1.54) is 64.9 Å². The molecule has 5 nitrogen and oxygen atoms in total. The van der Waals surface area contributed by atoms with Gasteiger partial charge in [-0.05, 0) is 36.8 Å². The fourth-order valence-corrected chi connectivity index (χ4v) is 4.00. The smallest absolute Gasteiger partial charge is 0.326 e. The first-order valence-electron chi connectivity index (χ1n) is 12.5. The van der Waals surface area contributed by atoms with Gasteiger partial charge < -0.3 is 4.90 Å². The third kappa shape index (κ3) is 9.17. The Hall–Kier alpha value is -2.61. The molecule has 2 aromatic rings. The van der Waals surface area contributed by atoms with Crippen LogP contribution >= 0.6 is 0 Å². The van der Waals surface area contributed by atoms with Crippen LogP contribution in [-0.4, -0.2) is 36.7 Å². The number of anilines is 2. The Balaban J connectivity index is 2.15. The lowest BCUT2D eigenvalue weighted by molar-refractivity contribution is -0.137. The van der Waals surface area contributed by atoms with E-state index in [9.17, 15) is 18.0 Å². The SMILES string of the molecule is CCCCCCCCCCCCN(c1cccc(C(F)(F)F)c1)c1ncccc1C(=O)N(C)OC. The number of hydroxylamine groups is 2. The van der Waals surface area contributed by atoms with Gasteiger partial charge in [0.1, 0.15) is 5.82 Å². The number of hydrogen-bond acceptors (Lipinski definition) is 4. The fraction of sp³-hybridized carbons (Fsp3) is 0.556. The number of nitrogens with zero attached hydrogens (tertiary/aromatic N) is 3. The van der Waals surface area contributed by atoms with Gasteiger partial charge in [0.2, 0.25) is 0 Å². The van der Waals surface area contributed by atoms with E-state index in [-0.39, 0.29) is 5.56 Å². The summed E-state index contributed by atoms with van der Waals surface area (Å²) in [6.07, 6.45) is 8.62. The standard InChI is InChI=1S/C27H38F3N3O2/c1-4-5-6-7-8-9-10-11-12-13-20-33(23-17-14-16-22(21-23)27(28,29)30)25-24(18-15-19-31-25)26(34)32(2)35-3/h14-19,21H,4-13,20H2,1-3H3. The van der Waals surface area contributed by atoms with Crippen molar-refractivity contribution in [3.63, 3.8) is 0 Å². The van der Waals surface area contributed by atoms with E-state index in [2.05, 4.69) is 11.9 Å². The van der Waals surface area contributed by atoms with Gasteiger partial charge in [-0.2, -0.15) is 13.2 Å². The molecule has 0 saturated heterocycles. The lowest BCUT2D eigenvalue weighted by Crippen LogP contribution is -2.29. The lowest BCUT2D eigenvalue weighted by Gasteiger charge is -2.27. The summed E-state index contributed by atoms with van der Waals surface area (Å²) in [5, 5.41) is 1.07. The Kier molecular flexibility index (Phi) is 12.0. The quantitative estimate of drug-likeness (QED) is 0.188. The number of benzene rings is 1. The number of halogens is 3. The second-order valence-corrected chi connectivity index (χ2v) is 8.74. The Morgan fingerprint density at radius 3 is 2.17 bits per heavy atom. The van der Waals surface area contributed by atoms with Crippen molar-refractivity contribution in [1.29, 1.82) is 0 Å². The molecule has 0 bridgehead atoms. The van der Waals surface area contributed by atoms with Gasteiger partial charge in [0.25, 0.3) is 5.91 Å². The number of carbonyl (C=O) groups excluding carboxylic acids is 1. The van der Waals surface area contributed by atoms with E-state index in [1.807, 2.05) is 0 Å². The molecule has 1 aromatic carbocycles. The summed E-state index contributed by atoms with van der Waals surface area (Å²) >= 11 is 0. The summed E-state index contributed by atoms with van der Waals surface area (Å²) < 4.78 is 40.2. The monoisotopic (exact) mass is 493 g/mol. The van der Waals surface area contributed by atoms with Crippen LogP contribution < -0.4 is 4.90 Å². The van der Waals surface area contributed by atoms with E-state index in [1.54, 1.807) is 23.1 Å². The van der Waals surface area contributed by atoms with Crippen molar-refractivity contribution in [1.82, 2.24) is 10.0 Å². The second-order valence-electron chi connectivity index (χ2n) is 8.74. The molecule has 1 aromatic heterocycles. The van der Waals surface area contributed by atoms with E-state index < -0.39 is 17.6 Å². The minimum Gasteiger partial charge on any atom is -0.326 e. The number of hydrogen-bond donors (Lipinski definition) is 0. The van der Waals surface area contributed by atoms with Gasteiger partial charge in [0.15, 0.2) is 0 Å². The van der Waals surface area contributed by atoms with Crippen molar-refractivity contribution < 1.29 is 22.8 Å². The molecule has 35 heavy (non-hydrogen) atoms. The highest BCUT2D eigenvalue weighted by Crippen LogP contribution is 2.34. The van der Waals surface area contributed by atoms with Gasteiger partial charge in [-0.25, -0.2) is 10.0 Å². The topological polar surface area (TPSA) is 45.7 Å². The molecule has 1 heterocycles. The molecule has 0 unspecified atom stereocenters. The predicted molar refractivity (Wildman–Crippen MR) is 134 cm³/mol. The molecule has 194 valence electrons. The molecule has 0 fully saturated rings. The van der Waals surface area contributed by atoms with Crippen LogP contribution in [0.4, 0.5) is 24.7 Å². The van der Waals surface area contributed by atoms with Crippen molar-refractivity contribution in [2.75, 3.05) is 25.6 Å². The fourth-order valence-electron chi connectivity index (χ4n) is 4.00. The number of alkyl halides is 3. The zero-order valence-corrected chi connectivity index (χ0v) is 21.1. The highest BCUT2D eigenvalue weighted by atomic mass is 19.4. The lowest BCUT2D eigenvalue weighted by atomic mass is 10.1. The number of pyridine rings is 1. The minimum atomic E-state index is -4.46. The zero-order valence-electron chi connectivity index (χ0n) is 21.1. The maximum Gasteiger partial charge on any atom is 0.416 e. The van der Waals surface area contributed by atoms with Crippen molar-refractivity contribution >= 4 is 17.4 Å². The first-order valence-corrected chi connectivity index (χ1v) is 12.5. The number of unbranched alkanes of at least 4 members (excludes halogenated alkanes) is 9. The minimum absolute atomic E-state index is 0.265. The van der Waals surface area contributed by atoms with Crippen LogP contribution in [0, 0.1) is 0 Å². The normalized spacial score (nSPS) is 11.5. The van der Waals surface area contributed by atoms with E-state index >= 15 is 0 Å². The summed E-state index contributed by atoms with van der Waals surface area (Å²) in [7, 11) is 2.86. The van der Waals surface area contributed by atoms with E-state index in [0.717, 1.165) is 42.9 Å². The van der Waals surface area contributed by atoms with Gasteiger partial charge in [0, 0.05) is 25.5 Å². The Morgan fingerprint density at radius 1 is 0.943 bits per heavy atom. The summed E-state index contributed by atoms with van der Waals surface area (Å²) in [4.78, 5) is 24.0. The Bertz CT molecular complexity index is 905. The maximum atomic E-state index is 13.4. The third-order valence-corrected chi connectivity index (χ3v) is 6.05. The molecule has 1 amide bonds. The number of rotatable bonds is 15. The summed E-state index contributed by atoms with van der Waals surface area (Å²) in [5.74, 6) is -0.104. The molecule has 0 atom stereocenters. The van der Waals surface area contributed by atoms with Crippen LogP contribution in [0.5, 0.6) is 0 Å². The first-order chi connectivity index (χ1) is 16.8. The molecule has 0 aliphatic carbocycles. The van der Waals surface area contributed by atoms with Gasteiger partial charge in [0.05, 0.1) is 18.2 Å². The third-order valence-electron chi connectivity index (χ3n) is 6.05. The number of aromatic nitrogens is 1. The average molecular weight is 494 g/mol. The molecule has 0 spiro atoms. The van der Waals surface area contributed by atoms with Crippen LogP contribution in [0.3, 0.4) is 0 Å². The summed E-state index contributed by atoms with van der Waals surface area (Å²) in [5.41, 5.74) is -0.120. The van der Waals surface area contributed by atoms with Crippen LogP contribution in [0.25, 0.3) is 0 Å². The van der Waals surface area contributed by atoms with E-state index in [0.29, 0.717) is 18.1 Å². The van der Waals surface area contributed by atoms with Crippen molar-refractivity contribution in [3.05, 3.63) is 53.7 Å². The molecule has 0 aliphatic rings. The van der Waals surface area contributed by atoms with Crippen LogP contribution in [-0.2, 0) is 11.0 Å². The van der Waals surface area contributed by atoms with Gasteiger partial charge in [-0.15, -0.1) is 0 Å². The van der Waals surface area contributed by atoms with Crippen LogP contribution in [0.15, 0.2) is 42.6 Å². The molecule has 0 N–H and O–H groups in total. The maximum absolute atomic E-state index is 13.4. The highest BCUT2D eigenvalue weighted by molar-refractivity contribution is 5.99. The Morgan fingerprint density at radius 2 is 1.57 bits per heavy atom. The number of carbonyl (C=O) groups is 1. The molecular formula is C27H38F3N3O2. The van der Waals surface area contributed by atoms with Crippen molar-refractivity contribution in [2.24, 2.45) is 0 Å².